The van der Waals surface area contributed by atoms with Crippen molar-refractivity contribution in [2.24, 2.45) is 0 Å². The summed E-state index contributed by atoms with van der Waals surface area (Å²) in [6.45, 7) is 2.91. The van der Waals surface area contributed by atoms with Crippen LogP contribution in [0.25, 0.3) is 16.7 Å². The van der Waals surface area contributed by atoms with E-state index in [0.717, 1.165) is 34.7 Å². The molecule has 0 atom stereocenters. The molecule has 0 N–H and O–H groups in total. The van der Waals surface area contributed by atoms with Crippen LogP contribution in [0, 0.1) is 0 Å². The quantitative estimate of drug-likeness (QED) is 0.579. The Morgan fingerprint density at radius 3 is 2.59 bits per heavy atom. The maximum absolute atomic E-state index is 4.83. The smallest absolute Gasteiger partial charge is 0.204 e. The second-order valence-electron chi connectivity index (χ2n) is 5.03. The lowest BCUT2D eigenvalue weighted by Gasteiger charge is -2.22. The van der Waals surface area contributed by atoms with Crippen LogP contribution in [0.2, 0.25) is 0 Å². The summed E-state index contributed by atoms with van der Waals surface area (Å²) in [7, 11) is 0. The number of benzene rings is 2. The maximum atomic E-state index is 4.83. The average Bonchev–Trinajstić information content (AvgIpc) is 3.07. The molecule has 108 valence electrons. The summed E-state index contributed by atoms with van der Waals surface area (Å²) < 4.78 is 1.99. The normalized spacial score (nSPS) is 11.1. The number of hydrogen-bond donors (Lipinski definition) is 0. The van der Waals surface area contributed by atoms with Gasteiger partial charge in [-0.1, -0.05) is 30.3 Å². The number of hydrogen-bond acceptors (Lipinski definition) is 4. The summed E-state index contributed by atoms with van der Waals surface area (Å²) in [5, 5.41) is 8.34. The van der Waals surface area contributed by atoms with Crippen LogP contribution in [0.15, 0.2) is 60.9 Å². The van der Waals surface area contributed by atoms with E-state index >= 15 is 0 Å². The molecule has 0 amide bonds. The van der Waals surface area contributed by atoms with Gasteiger partial charge < -0.3 is 4.90 Å². The molecular weight excluding hydrogens is 274 g/mol. The van der Waals surface area contributed by atoms with Crippen molar-refractivity contribution in [3.63, 3.8) is 0 Å². The van der Waals surface area contributed by atoms with Crippen LogP contribution in [0.1, 0.15) is 6.92 Å². The van der Waals surface area contributed by atoms with Crippen molar-refractivity contribution in [1.82, 2.24) is 19.6 Å². The van der Waals surface area contributed by atoms with Crippen molar-refractivity contribution < 1.29 is 0 Å². The van der Waals surface area contributed by atoms with E-state index in [1.165, 1.54) is 0 Å². The zero-order valence-corrected chi connectivity index (χ0v) is 12.2. The first-order valence-electron chi connectivity index (χ1n) is 7.29. The molecule has 0 bridgehead atoms. The fourth-order valence-corrected chi connectivity index (χ4v) is 2.73. The van der Waals surface area contributed by atoms with Crippen LogP contribution in [0.4, 0.5) is 11.5 Å². The van der Waals surface area contributed by atoms with Gasteiger partial charge in [-0.3, -0.25) is 4.40 Å². The Labute approximate surface area is 127 Å². The molecule has 22 heavy (non-hydrogen) atoms. The third kappa shape index (κ3) is 1.90. The van der Waals surface area contributed by atoms with Gasteiger partial charge in [-0.05, 0) is 31.2 Å². The first-order chi connectivity index (χ1) is 10.9. The van der Waals surface area contributed by atoms with E-state index in [2.05, 4.69) is 34.2 Å². The highest BCUT2D eigenvalue weighted by Crippen LogP contribution is 2.28. The predicted molar refractivity (Wildman–Crippen MR) is 87.4 cm³/mol. The molecule has 0 saturated heterocycles. The summed E-state index contributed by atoms with van der Waals surface area (Å²) >= 11 is 0. The molecule has 0 radical (unpaired) electrons. The second-order valence-corrected chi connectivity index (χ2v) is 5.03. The van der Waals surface area contributed by atoms with Gasteiger partial charge in [-0.2, -0.15) is 0 Å². The Balaban J connectivity index is 2.01. The third-order valence-corrected chi connectivity index (χ3v) is 3.76. The number of rotatable bonds is 3. The van der Waals surface area contributed by atoms with Crippen LogP contribution >= 0.6 is 0 Å². The molecule has 0 aliphatic carbocycles. The first kappa shape index (κ1) is 12.8. The molecule has 0 fully saturated rings. The van der Waals surface area contributed by atoms with Gasteiger partial charge in [-0.25, -0.2) is 4.98 Å². The number of fused-ring (bicyclic) bond motifs is 3. The average molecular weight is 289 g/mol. The fraction of sp³-hybridized carbons (Fsp3) is 0.118. The summed E-state index contributed by atoms with van der Waals surface area (Å²) in [5.74, 6) is 0.824. The Kier molecular flexibility index (Phi) is 2.96. The number of anilines is 2. The van der Waals surface area contributed by atoms with Gasteiger partial charge >= 0.3 is 0 Å². The topological polar surface area (TPSA) is 46.3 Å². The predicted octanol–water partition coefficient (Wildman–Crippen LogP) is 3.44. The molecular formula is C17H15N5. The Morgan fingerprint density at radius 1 is 1.00 bits per heavy atom. The van der Waals surface area contributed by atoms with Crippen LogP contribution in [-0.2, 0) is 0 Å². The van der Waals surface area contributed by atoms with Crippen molar-refractivity contribution in [3.8, 4) is 0 Å². The summed E-state index contributed by atoms with van der Waals surface area (Å²) in [6, 6.07) is 18.3. The number of nitrogens with zero attached hydrogens (tertiary/aromatic N) is 5. The van der Waals surface area contributed by atoms with E-state index < -0.39 is 0 Å². The molecule has 2 heterocycles. The lowest BCUT2D eigenvalue weighted by Crippen LogP contribution is -2.18. The van der Waals surface area contributed by atoms with Crippen molar-refractivity contribution in [3.05, 3.63) is 60.9 Å². The van der Waals surface area contributed by atoms with Gasteiger partial charge in [0, 0.05) is 12.2 Å². The van der Waals surface area contributed by atoms with Gasteiger partial charge in [0.25, 0.3) is 0 Å². The number of aromatic nitrogens is 4. The highest BCUT2D eigenvalue weighted by Gasteiger charge is 2.16. The van der Waals surface area contributed by atoms with Gasteiger partial charge in [0.15, 0.2) is 5.82 Å². The van der Waals surface area contributed by atoms with Crippen LogP contribution in [0.5, 0.6) is 0 Å². The van der Waals surface area contributed by atoms with Crippen molar-refractivity contribution in [2.75, 3.05) is 11.4 Å². The molecule has 0 spiro atoms. The molecule has 5 nitrogen and oxygen atoms in total. The molecule has 4 aromatic rings. The van der Waals surface area contributed by atoms with E-state index in [1.807, 2.05) is 46.9 Å². The second kappa shape index (κ2) is 5.11. The summed E-state index contributed by atoms with van der Waals surface area (Å²) in [6.07, 6.45) is 1.74. The van der Waals surface area contributed by atoms with E-state index in [-0.39, 0.29) is 0 Å². The van der Waals surface area contributed by atoms with E-state index in [0.29, 0.717) is 0 Å². The standard InChI is InChI=1S/C17H15N5/c1-2-21(13-8-4-3-5-9-13)16-17-20-18-12-22(17)15-11-7-6-10-14(15)19-16/h3-12H,2H2,1H3. The van der Waals surface area contributed by atoms with Gasteiger partial charge in [0.2, 0.25) is 5.65 Å². The summed E-state index contributed by atoms with van der Waals surface area (Å²) in [4.78, 5) is 6.97. The minimum atomic E-state index is 0.768. The zero-order valence-electron chi connectivity index (χ0n) is 12.2. The van der Waals surface area contributed by atoms with Crippen molar-refractivity contribution >= 4 is 28.2 Å². The van der Waals surface area contributed by atoms with Crippen LogP contribution < -0.4 is 4.90 Å². The van der Waals surface area contributed by atoms with Gasteiger partial charge in [-0.15, -0.1) is 10.2 Å². The van der Waals surface area contributed by atoms with Gasteiger partial charge in [0.1, 0.15) is 6.33 Å². The Hall–Kier alpha value is -2.95. The zero-order chi connectivity index (χ0) is 14.9. The molecule has 4 rings (SSSR count). The molecule has 0 aliphatic heterocycles. The Bertz CT molecular complexity index is 930. The monoisotopic (exact) mass is 289 g/mol. The first-order valence-corrected chi connectivity index (χ1v) is 7.29. The third-order valence-electron chi connectivity index (χ3n) is 3.76. The molecule has 2 aromatic carbocycles. The molecule has 5 heteroatoms. The lowest BCUT2D eigenvalue weighted by molar-refractivity contribution is 0.988. The van der Waals surface area contributed by atoms with E-state index in [9.17, 15) is 0 Å². The maximum Gasteiger partial charge on any atom is 0.204 e. The highest BCUT2D eigenvalue weighted by molar-refractivity contribution is 5.84. The van der Waals surface area contributed by atoms with E-state index in [4.69, 9.17) is 4.98 Å². The summed E-state index contributed by atoms with van der Waals surface area (Å²) in [5.41, 5.74) is 3.80. The largest absolute Gasteiger partial charge is 0.323 e. The highest BCUT2D eigenvalue weighted by atomic mass is 15.3. The molecule has 2 aromatic heterocycles. The SMILES string of the molecule is CCN(c1ccccc1)c1nc2ccccc2n2cnnc12. The fourth-order valence-electron chi connectivity index (χ4n) is 2.73. The molecule has 0 saturated carbocycles. The molecule has 0 aliphatic rings. The molecule has 0 unspecified atom stereocenters. The minimum absolute atomic E-state index is 0.768. The van der Waals surface area contributed by atoms with Crippen molar-refractivity contribution in [1.29, 1.82) is 0 Å². The van der Waals surface area contributed by atoms with E-state index in [1.54, 1.807) is 6.33 Å². The Morgan fingerprint density at radius 2 is 1.77 bits per heavy atom. The lowest BCUT2D eigenvalue weighted by atomic mass is 10.2. The van der Waals surface area contributed by atoms with Crippen molar-refractivity contribution in [2.45, 2.75) is 6.92 Å². The van der Waals surface area contributed by atoms with Gasteiger partial charge in [0.05, 0.1) is 11.0 Å². The van der Waals surface area contributed by atoms with Crippen LogP contribution in [-0.4, -0.2) is 26.1 Å². The minimum Gasteiger partial charge on any atom is -0.323 e. The van der Waals surface area contributed by atoms with Crippen LogP contribution in [0.3, 0.4) is 0 Å². The number of para-hydroxylation sites is 3.